The Labute approximate surface area is 237 Å². The quantitative estimate of drug-likeness (QED) is 0.337. The molecule has 0 bridgehead atoms. The number of piperidine rings is 1. The van der Waals surface area contributed by atoms with Crippen LogP contribution in [0.5, 0.6) is 0 Å². The van der Waals surface area contributed by atoms with Gasteiger partial charge >= 0.3 is 5.97 Å². The number of hydroxylamine groups is 2. The largest absolute Gasteiger partial charge is 0.382 e. The summed E-state index contributed by atoms with van der Waals surface area (Å²) in [6.45, 7) is 11.2. The molecule has 3 aromatic rings. The second kappa shape index (κ2) is 12.9. The SMILES string of the molecule is CCCCc1nc(N)c2c(n1)c(C(C(C)=O)C1CCN(OC(=O)C(C)(C)C)CC1)cn2COCc1ccccc1. The first kappa shape index (κ1) is 29.7. The highest BCUT2D eigenvalue weighted by Crippen LogP contribution is 2.39. The number of benzene rings is 1. The van der Waals surface area contributed by atoms with Crippen molar-refractivity contribution < 1.29 is 19.2 Å². The molecule has 9 nitrogen and oxygen atoms in total. The number of hydrogen-bond acceptors (Lipinski definition) is 8. The monoisotopic (exact) mass is 549 g/mol. The highest BCUT2D eigenvalue weighted by atomic mass is 16.7. The van der Waals surface area contributed by atoms with Crippen LogP contribution in [0.15, 0.2) is 36.5 Å². The van der Waals surface area contributed by atoms with Crippen LogP contribution in [0.1, 0.15) is 83.2 Å². The van der Waals surface area contributed by atoms with Gasteiger partial charge in [0.15, 0.2) is 5.82 Å². The van der Waals surface area contributed by atoms with E-state index in [1.54, 1.807) is 12.0 Å². The molecule has 0 saturated carbocycles. The van der Waals surface area contributed by atoms with E-state index in [9.17, 15) is 9.59 Å². The zero-order valence-electron chi connectivity index (χ0n) is 24.5. The van der Waals surface area contributed by atoms with Gasteiger partial charge in [0.2, 0.25) is 0 Å². The van der Waals surface area contributed by atoms with E-state index in [4.69, 9.17) is 20.3 Å². The molecule has 3 heterocycles. The van der Waals surface area contributed by atoms with E-state index in [-0.39, 0.29) is 30.3 Å². The molecule has 1 saturated heterocycles. The van der Waals surface area contributed by atoms with E-state index in [2.05, 4.69) is 11.9 Å². The Morgan fingerprint density at radius 1 is 1.12 bits per heavy atom. The lowest BCUT2D eigenvalue weighted by molar-refractivity contribution is -0.206. The van der Waals surface area contributed by atoms with Crippen LogP contribution in [0.4, 0.5) is 5.82 Å². The first-order valence-electron chi connectivity index (χ1n) is 14.3. The molecule has 0 amide bonds. The number of ketones is 1. The molecule has 1 fully saturated rings. The summed E-state index contributed by atoms with van der Waals surface area (Å²) in [5.41, 5.74) is 9.31. The van der Waals surface area contributed by atoms with Gasteiger partial charge in [-0.1, -0.05) is 43.7 Å². The molecule has 40 heavy (non-hydrogen) atoms. The third-order valence-electron chi connectivity index (χ3n) is 7.48. The van der Waals surface area contributed by atoms with E-state index in [0.717, 1.165) is 48.7 Å². The van der Waals surface area contributed by atoms with Crippen LogP contribution < -0.4 is 5.73 Å². The van der Waals surface area contributed by atoms with Gasteiger partial charge in [-0.05, 0) is 58.4 Å². The predicted octanol–water partition coefficient (Wildman–Crippen LogP) is 5.42. The van der Waals surface area contributed by atoms with Crippen molar-refractivity contribution in [2.75, 3.05) is 18.8 Å². The van der Waals surface area contributed by atoms with Crippen molar-refractivity contribution in [3.8, 4) is 0 Å². The van der Waals surface area contributed by atoms with Gasteiger partial charge in [0.1, 0.15) is 23.9 Å². The number of nitrogens with two attached hydrogens (primary N) is 1. The van der Waals surface area contributed by atoms with E-state index in [1.165, 1.54) is 0 Å². The van der Waals surface area contributed by atoms with E-state index < -0.39 is 5.41 Å². The number of aryl methyl sites for hydroxylation is 1. The molecule has 1 aromatic carbocycles. The standard InChI is InChI=1S/C31H43N5O4/c1-6-7-13-25-33-27-24(18-35(28(27)29(32)34-25)20-39-19-22-11-9-8-10-12-22)26(21(2)37)23-14-16-36(17-15-23)40-30(38)31(3,4)5/h8-12,18,23,26H,6-7,13-17,19-20H2,1-5H3,(H2,32,33,34). The summed E-state index contributed by atoms with van der Waals surface area (Å²) in [6, 6.07) is 9.99. The van der Waals surface area contributed by atoms with Crippen LogP contribution in [0.25, 0.3) is 11.0 Å². The van der Waals surface area contributed by atoms with Crippen molar-refractivity contribution in [2.24, 2.45) is 11.3 Å². The summed E-state index contributed by atoms with van der Waals surface area (Å²) in [6.07, 6.45) is 6.14. The fraction of sp³-hybridized carbons (Fsp3) is 0.548. The number of rotatable bonds is 11. The van der Waals surface area contributed by atoms with Crippen molar-refractivity contribution in [1.82, 2.24) is 19.6 Å². The molecule has 0 radical (unpaired) electrons. The van der Waals surface area contributed by atoms with Gasteiger partial charge in [-0.3, -0.25) is 4.79 Å². The molecule has 1 unspecified atom stereocenters. The summed E-state index contributed by atoms with van der Waals surface area (Å²) in [4.78, 5) is 40.8. The Kier molecular flexibility index (Phi) is 9.58. The molecule has 1 atom stereocenters. The third-order valence-corrected chi connectivity index (χ3v) is 7.48. The van der Waals surface area contributed by atoms with Gasteiger partial charge in [0, 0.05) is 37.2 Å². The van der Waals surface area contributed by atoms with Gasteiger partial charge in [-0.25, -0.2) is 14.8 Å². The van der Waals surface area contributed by atoms with Gasteiger partial charge < -0.3 is 19.9 Å². The lowest BCUT2D eigenvalue weighted by atomic mass is 9.78. The van der Waals surface area contributed by atoms with Crippen molar-refractivity contribution >= 4 is 28.6 Å². The first-order valence-corrected chi connectivity index (χ1v) is 14.3. The van der Waals surface area contributed by atoms with Crippen LogP contribution in [0.2, 0.25) is 0 Å². The summed E-state index contributed by atoms with van der Waals surface area (Å²) in [7, 11) is 0. The number of nitrogen functional groups attached to an aromatic ring is 1. The van der Waals surface area contributed by atoms with Crippen molar-refractivity contribution in [3.05, 3.63) is 53.5 Å². The maximum absolute atomic E-state index is 13.2. The predicted molar refractivity (Wildman–Crippen MR) is 155 cm³/mol. The van der Waals surface area contributed by atoms with Crippen LogP contribution in [-0.2, 0) is 38.9 Å². The number of fused-ring (bicyclic) bond motifs is 1. The second-order valence-electron chi connectivity index (χ2n) is 11.8. The van der Waals surface area contributed by atoms with Crippen LogP contribution in [0.3, 0.4) is 0 Å². The van der Waals surface area contributed by atoms with Gasteiger partial charge in [-0.2, -0.15) is 0 Å². The molecule has 9 heteroatoms. The lowest BCUT2D eigenvalue weighted by Gasteiger charge is -2.35. The summed E-state index contributed by atoms with van der Waals surface area (Å²) in [5.74, 6) is 0.661. The number of aromatic nitrogens is 3. The minimum Gasteiger partial charge on any atom is -0.382 e. The molecule has 4 rings (SSSR count). The molecule has 2 N–H and O–H groups in total. The highest BCUT2D eigenvalue weighted by molar-refractivity contribution is 5.94. The van der Waals surface area contributed by atoms with E-state index in [0.29, 0.717) is 36.9 Å². The molecule has 216 valence electrons. The average Bonchev–Trinajstić information content (AvgIpc) is 3.26. The number of ether oxygens (including phenoxy) is 1. The van der Waals surface area contributed by atoms with E-state index >= 15 is 0 Å². The van der Waals surface area contributed by atoms with Gasteiger partial charge in [-0.15, -0.1) is 5.06 Å². The van der Waals surface area contributed by atoms with Crippen molar-refractivity contribution in [3.63, 3.8) is 0 Å². The summed E-state index contributed by atoms with van der Waals surface area (Å²) >= 11 is 0. The zero-order chi connectivity index (χ0) is 28.9. The molecule has 0 spiro atoms. The molecule has 2 aromatic heterocycles. The number of unbranched alkanes of at least 4 members (excludes halogenated alkanes) is 1. The molecule has 0 aliphatic carbocycles. The Morgan fingerprint density at radius 2 is 1.82 bits per heavy atom. The Morgan fingerprint density at radius 3 is 2.45 bits per heavy atom. The number of hydrogen-bond donors (Lipinski definition) is 1. The number of anilines is 1. The Bertz CT molecular complexity index is 1310. The highest BCUT2D eigenvalue weighted by Gasteiger charge is 2.35. The smallest absolute Gasteiger partial charge is 0.330 e. The van der Waals surface area contributed by atoms with Crippen molar-refractivity contribution in [1.29, 1.82) is 0 Å². The topological polar surface area (TPSA) is 113 Å². The fourth-order valence-electron chi connectivity index (χ4n) is 5.27. The van der Waals surface area contributed by atoms with Crippen molar-refractivity contribution in [2.45, 2.75) is 86.0 Å². The van der Waals surface area contributed by atoms with Crippen LogP contribution in [0, 0.1) is 11.3 Å². The van der Waals surface area contributed by atoms with Gasteiger partial charge in [0.25, 0.3) is 0 Å². The first-order chi connectivity index (χ1) is 19.1. The summed E-state index contributed by atoms with van der Waals surface area (Å²) < 4.78 is 7.99. The van der Waals surface area contributed by atoms with E-state index in [1.807, 2.05) is 61.9 Å². The maximum Gasteiger partial charge on any atom is 0.330 e. The molecule has 1 aliphatic heterocycles. The lowest BCUT2D eigenvalue weighted by Crippen LogP contribution is -2.40. The average molecular weight is 550 g/mol. The number of carbonyl (C=O) groups excluding carboxylic acids is 2. The number of carbonyl (C=O) groups is 2. The minimum atomic E-state index is -0.571. The fourth-order valence-corrected chi connectivity index (χ4v) is 5.27. The minimum absolute atomic E-state index is 0.0849. The Hall–Kier alpha value is -3.30. The maximum atomic E-state index is 13.2. The Balaban J connectivity index is 1.61. The molecule has 1 aliphatic rings. The molecular formula is C31H43N5O4. The second-order valence-corrected chi connectivity index (χ2v) is 11.8. The summed E-state index contributed by atoms with van der Waals surface area (Å²) in [5, 5.41) is 1.73. The number of Topliss-reactive ketones (excluding diaryl/α,β-unsaturated/α-hetero) is 1. The third kappa shape index (κ3) is 7.06. The van der Waals surface area contributed by atoms with Crippen LogP contribution in [-0.4, -0.2) is 44.4 Å². The molecular weight excluding hydrogens is 506 g/mol. The van der Waals surface area contributed by atoms with Gasteiger partial charge in [0.05, 0.1) is 17.5 Å². The number of nitrogens with zero attached hydrogens (tertiary/aromatic N) is 4. The normalized spacial score (nSPS) is 15.8. The van der Waals surface area contributed by atoms with Crippen LogP contribution >= 0.6 is 0 Å². The zero-order valence-corrected chi connectivity index (χ0v) is 24.5.